The van der Waals surface area contributed by atoms with Crippen molar-refractivity contribution >= 4 is 34.9 Å². The Hall–Kier alpha value is -3.37. The topological polar surface area (TPSA) is 84.5 Å². The van der Waals surface area contributed by atoms with Crippen LogP contribution in [0.3, 0.4) is 0 Å². The second-order valence-corrected chi connectivity index (χ2v) is 9.70. The first-order chi connectivity index (χ1) is 16.6. The molecule has 8 nitrogen and oxygen atoms in total. The number of carbonyl (C=O) groups is 2. The number of benzene rings is 1. The Morgan fingerprint density at radius 2 is 1.76 bits per heavy atom. The van der Waals surface area contributed by atoms with Crippen molar-refractivity contribution in [2.75, 3.05) is 31.9 Å². The van der Waals surface area contributed by atoms with Crippen LogP contribution in [0.1, 0.15) is 15.4 Å². The Kier molecular flexibility index (Phi) is 6.50. The number of nitrogens with zero attached hydrogens (tertiary/aromatic N) is 5. The van der Waals surface area contributed by atoms with Crippen LogP contribution in [-0.2, 0) is 4.79 Å². The van der Waals surface area contributed by atoms with Gasteiger partial charge in [-0.1, -0.05) is 36.0 Å². The van der Waals surface area contributed by atoms with E-state index in [-0.39, 0.29) is 17.6 Å². The summed E-state index contributed by atoms with van der Waals surface area (Å²) >= 11 is 2.80. The van der Waals surface area contributed by atoms with Gasteiger partial charge in [0.25, 0.3) is 5.91 Å². The lowest BCUT2D eigenvalue weighted by molar-refractivity contribution is -0.129. The number of amides is 2. The molecule has 1 aliphatic rings. The third-order valence-electron chi connectivity index (χ3n) is 5.72. The average molecular weight is 494 g/mol. The number of thiophene rings is 1. The van der Waals surface area contributed by atoms with Crippen molar-refractivity contribution in [1.82, 2.24) is 24.6 Å². The van der Waals surface area contributed by atoms with Crippen molar-refractivity contribution in [2.24, 2.45) is 0 Å². The predicted octanol–water partition coefficient (Wildman–Crippen LogP) is 3.97. The molecular weight excluding hydrogens is 470 g/mol. The molecule has 4 heterocycles. The van der Waals surface area contributed by atoms with Gasteiger partial charge in [0.1, 0.15) is 5.76 Å². The van der Waals surface area contributed by atoms with E-state index in [4.69, 9.17) is 4.42 Å². The maximum atomic E-state index is 12.9. The third-order valence-corrected chi connectivity index (χ3v) is 7.50. The number of rotatable bonds is 6. The van der Waals surface area contributed by atoms with E-state index < -0.39 is 0 Å². The second-order valence-electron chi connectivity index (χ2n) is 7.81. The lowest BCUT2D eigenvalue weighted by Gasteiger charge is -2.34. The Bertz CT molecular complexity index is 1280. The molecule has 0 spiro atoms. The van der Waals surface area contributed by atoms with E-state index in [1.807, 2.05) is 75.2 Å². The molecule has 0 saturated carbocycles. The zero-order chi connectivity index (χ0) is 23.5. The molecule has 1 saturated heterocycles. The fraction of sp³-hybridized carbons (Fsp3) is 0.250. The molecule has 1 aromatic carbocycles. The standard InChI is InChI=1S/C24H23N5O3S2/c1-17-19(9-14-32-17)22-25-26-24(29(22)18-6-3-2-4-7-18)34-16-21(30)27-10-12-28(13-11-27)23(31)20-8-5-15-33-20/h2-9,14-15H,10-13,16H2,1H3. The number of para-hydroxylation sites is 1. The fourth-order valence-electron chi connectivity index (χ4n) is 3.90. The smallest absolute Gasteiger partial charge is 0.264 e. The summed E-state index contributed by atoms with van der Waals surface area (Å²) in [5, 5.41) is 11.3. The van der Waals surface area contributed by atoms with Crippen LogP contribution in [0, 0.1) is 6.92 Å². The van der Waals surface area contributed by atoms with Crippen molar-refractivity contribution in [2.45, 2.75) is 12.1 Å². The van der Waals surface area contributed by atoms with Gasteiger partial charge in [-0.05, 0) is 36.6 Å². The van der Waals surface area contributed by atoms with Crippen molar-refractivity contribution in [3.05, 3.63) is 70.8 Å². The van der Waals surface area contributed by atoms with Gasteiger partial charge < -0.3 is 14.2 Å². The van der Waals surface area contributed by atoms with Crippen LogP contribution in [0.2, 0.25) is 0 Å². The SMILES string of the molecule is Cc1occc1-c1nnc(SCC(=O)N2CCN(C(=O)c3cccs3)CC2)n1-c1ccccc1. The lowest BCUT2D eigenvalue weighted by Crippen LogP contribution is -2.51. The Morgan fingerprint density at radius 1 is 1.00 bits per heavy atom. The minimum Gasteiger partial charge on any atom is -0.469 e. The average Bonchev–Trinajstić information content (AvgIpc) is 3.64. The van der Waals surface area contributed by atoms with Crippen LogP contribution in [0.4, 0.5) is 0 Å². The molecule has 1 aliphatic heterocycles. The predicted molar refractivity (Wildman–Crippen MR) is 131 cm³/mol. The molecule has 3 aromatic heterocycles. The first-order valence-corrected chi connectivity index (χ1v) is 12.8. The molecule has 1 fully saturated rings. The summed E-state index contributed by atoms with van der Waals surface area (Å²) in [5.41, 5.74) is 1.78. The van der Waals surface area contributed by atoms with Crippen molar-refractivity contribution in [3.63, 3.8) is 0 Å². The number of carbonyl (C=O) groups excluding carboxylic acids is 2. The monoisotopic (exact) mass is 493 g/mol. The van der Waals surface area contributed by atoms with Gasteiger partial charge in [0, 0.05) is 31.9 Å². The van der Waals surface area contributed by atoms with E-state index in [0.717, 1.165) is 21.9 Å². The zero-order valence-electron chi connectivity index (χ0n) is 18.6. The molecule has 10 heteroatoms. The number of furan rings is 1. The molecular formula is C24H23N5O3S2. The highest BCUT2D eigenvalue weighted by Gasteiger charge is 2.26. The highest BCUT2D eigenvalue weighted by Crippen LogP contribution is 2.30. The molecule has 2 amide bonds. The molecule has 0 aliphatic carbocycles. The van der Waals surface area contributed by atoms with E-state index in [0.29, 0.717) is 37.2 Å². The van der Waals surface area contributed by atoms with E-state index >= 15 is 0 Å². The molecule has 34 heavy (non-hydrogen) atoms. The highest BCUT2D eigenvalue weighted by atomic mass is 32.2. The minimum absolute atomic E-state index is 0.0249. The largest absolute Gasteiger partial charge is 0.469 e. The van der Waals surface area contributed by atoms with Crippen molar-refractivity contribution in [3.8, 4) is 17.1 Å². The number of hydrogen-bond acceptors (Lipinski definition) is 7. The van der Waals surface area contributed by atoms with Gasteiger partial charge in [-0.3, -0.25) is 14.2 Å². The Balaban J connectivity index is 1.27. The van der Waals surface area contributed by atoms with Gasteiger partial charge in [-0.15, -0.1) is 21.5 Å². The third kappa shape index (κ3) is 4.51. The molecule has 0 N–H and O–H groups in total. The summed E-state index contributed by atoms with van der Waals surface area (Å²) in [7, 11) is 0. The van der Waals surface area contributed by atoms with Gasteiger partial charge in [0.2, 0.25) is 5.91 Å². The van der Waals surface area contributed by atoms with Gasteiger partial charge in [-0.25, -0.2) is 0 Å². The lowest BCUT2D eigenvalue weighted by atomic mass is 10.2. The van der Waals surface area contributed by atoms with Crippen molar-refractivity contribution in [1.29, 1.82) is 0 Å². The summed E-state index contributed by atoms with van der Waals surface area (Å²) in [6.45, 7) is 4.02. The molecule has 0 unspecified atom stereocenters. The number of aryl methyl sites for hydroxylation is 1. The van der Waals surface area contributed by atoms with Gasteiger partial charge in [0.15, 0.2) is 11.0 Å². The van der Waals surface area contributed by atoms with Crippen LogP contribution >= 0.6 is 23.1 Å². The summed E-state index contributed by atoms with van der Waals surface area (Å²) in [5.74, 6) is 1.74. The molecule has 174 valence electrons. The first kappa shape index (κ1) is 22.4. The zero-order valence-corrected chi connectivity index (χ0v) is 20.2. The summed E-state index contributed by atoms with van der Waals surface area (Å²) < 4.78 is 7.42. The van der Waals surface area contributed by atoms with Gasteiger partial charge in [0.05, 0.1) is 22.5 Å². The number of piperazine rings is 1. The quantitative estimate of drug-likeness (QED) is 0.378. The van der Waals surface area contributed by atoms with E-state index in [2.05, 4.69) is 10.2 Å². The maximum Gasteiger partial charge on any atom is 0.264 e. The summed E-state index contributed by atoms with van der Waals surface area (Å²) in [6, 6.07) is 15.4. The van der Waals surface area contributed by atoms with Crippen LogP contribution in [0.15, 0.2) is 69.7 Å². The highest BCUT2D eigenvalue weighted by molar-refractivity contribution is 7.99. The maximum absolute atomic E-state index is 12.9. The van der Waals surface area contributed by atoms with Gasteiger partial charge >= 0.3 is 0 Å². The normalized spacial score (nSPS) is 13.9. The molecule has 4 aromatic rings. The number of hydrogen-bond donors (Lipinski definition) is 0. The second kappa shape index (κ2) is 9.86. The number of aromatic nitrogens is 3. The first-order valence-electron chi connectivity index (χ1n) is 10.9. The Morgan fingerprint density at radius 3 is 2.44 bits per heavy atom. The van der Waals surface area contributed by atoms with Crippen LogP contribution in [-0.4, -0.2) is 68.3 Å². The van der Waals surface area contributed by atoms with E-state index in [1.54, 1.807) is 6.26 Å². The molecule has 0 radical (unpaired) electrons. The van der Waals surface area contributed by atoms with Gasteiger partial charge in [-0.2, -0.15) is 0 Å². The molecule has 5 rings (SSSR count). The van der Waals surface area contributed by atoms with Crippen molar-refractivity contribution < 1.29 is 14.0 Å². The van der Waals surface area contributed by atoms with E-state index in [9.17, 15) is 9.59 Å². The molecule has 0 atom stereocenters. The fourth-order valence-corrected chi connectivity index (χ4v) is 5.44. The summed E-state index contributed by atoms with van der Waals surface area (Å²) in [6.07, 6.45) is 1.63. The van der Waals surface area contributed by atoms with Crippen LogP contribution < -0.4 is 0 Å². The van der Waals surface area contributed by atoms with Crippen LogP contribution in [0.25, 0.3) is 17.1 Å². The van der Waals surface area contributed by atoms with Crippen LogP contribution in [0.5, 0.6) is 0 Å². The summed E-state index contributed by atoms with van der Waals surface area (Å²) in [4.78, 5) is 29.9. The number of thioether (sulfide) groups is 1. The minimum atomic E-state index is 0.0249. The van der Waals surface area contributed by atoms with E-state index in [1.165, 1.54) is 23.1 Å². The Labute approximate surface area is 205 Å². The molecule has 0 bridgehead atoms.